The number of nitrogens with zero attached hydrogens (tertiary/aromatic N) is 2. The van der Waals surface area contributed by atoms with Crippen LogP contribution in [0.25, 0.3) is 0 Å². The standard InChI is InChI=1S/C14H23N4O2P/c15-9-17-14(16)18-21(19)13-8-4-2-6-11(13)10-5-1-3-7-12(10)20-21/h9-10,12H,1-8H2,(H4,15,16,17,18,19). The molecule has 0 aromatic heterocycles. The second-order valence-corrected chi connectivity index (χ2v) is 7.96. The summed E-state index contributed by atoms with van der Waals surface area (Å²) in [6, 6.07) is 0. The number of rotatable bonds is 1. The Morgan fingerprint density at radius 1 is 1.24 bits per heavy atom. The van der Waals surface area contributed by atoms with Gasteiger partial charge < -0.3 is 16.0 Å². The Morgan fingerprint density at radius 2 is 2.00 bits per heavy atom. The van der Waals surface area contributed by atoms with E-state index in [0.717, 1.165) is 50.2 Å². The van der Waals surface area contributed by atoms with E-state index in [0.29, 0.717) is 5.92 Å². The third-order valence-corrected chi connectivity index (χ3v) is 6.91. The lowest BCUT2D eigenvalue weighted by molar-refractivity contribution is 0.103. The average Bonchev–Trinajstić information content (AvgIpc) is 2.47. The van der Waals surface area contributed by atoms with Gasteiger partial charge in [0.2, 0.25) is 5.96 Å². The van der Waals surface area contributed by atoms with Gasteiger partial charge in [-0.3, -0.25) is 4.57 Å². The van der Waals surface area contributed by atoms with Gasteiger partial charge in [0.25, 0.3) is 0 Å². The first kappa shape index (κ1) is 14.8. The van der Waals surface area contributed by atoms with E-state index in [1.165, 1.54) is 18.4 Å². The molecule has 1 saturated carbocycles. The molecule has 4 N–H and O–H groups in total. The van der Waals surface area contributed by atoms with E-state index in [1.54, 1.807) is 0 Å². The molecule has 0 radical (unpaired) electrons. The smallest absolute Gasteiger partial charge is 0.344 e. The average molecular weight is 310 g/mol. The Hall–Kier alpha value is -1.13. The lowest BCUT2D eigenvalue weighted by Crippen LogP contribution is -2.33. The largest absolute Gasteiger partial charge is 0.390 e. The molecule has 0 spiro atoms. The van der Waals surface area contributed by atoms with Crippen LogP contribution >= 0.6 is 7.52 Å². The van der Waals surface area contributed by atoms with E-state index in [4.69, 9.17) is 16.0 Å². The van der Waals surface area contributed by atoms with E-state index in [-0.39, 0.29) is 12.1 Å². The minimum atomic E-state index is -3.25. The van der Waals surface area contributed by atoms with E-state index >= 15 is 0 Å². The Balaban J connectivity index is 2.03. The molecule has 21 heavy (non-hydrogen) atoms. The van der Waals surface area contributed by atoms with Crippen molar-refractivity contribution in [1.29, 1.82) is 0 Å². The predicted octanol–water partition coefficient (Wildman–Crippen LogP) is 2.90. The summed E-state index contributed by atoms with van der Waals surface area (Å²) in [6.45, 7) is 0. The molecule has 2 aliphatic carbocycles. The minimum absolute atomic E-state index is 0.0276. The van der Waals surface area contributed by atoms with Crippen molar-refractivity contribution < 1.29 is 9.09 Å². The van der Waals surface area contributed by atoms with Crippen LogP contribution in [-0.2, 0) is 9.09 Å². The number of fused-ring (bicyclic) bond motifs is 2. The van der Waals surface area contributed by atoms with E-state index in [2.05, 4.69) is 9.76 Å². The Labute approximate surface area is 125 Å². The van der Waals surface area contributed by atoms with Gasteiger partial charge in [-0.15, -0.1) is 0 Å². The SMILES string of the molecule is NC=NC(N)=NP1(=O)OC2CCCCC2C2=C1CCCC2. The lowest BCUT2D eigenvalue weighted by Gasteiger charge is -2.42. The summed E-state index contributed by atoms with van der Waals surface area (Å²) in [5, 5.41) is 0.909. The molecule has 0 aromatic rings. The van der Waals surface area contributed by atoms with Gasteiger partial charge >= 0.3 is 7.52 Å². The number of aliphatic imine (C=N–C) groups is 1. The highest BCUT2D eigenvalue weighted by Gasteiger charge is 2.45. The number of guanidine groups is 1. The summed E-state index contributed by atoms with van der Waals surface area (Å²) in [7, 11) is -3.25. The van der Waals surface area contributed by atoms with Crippen molar-refractivity contribution in [2.24, 2.45) is 27.1 Å². The van der Waals surface area contributed by atoms with Gasteiger partial charge in [0, 0.05) is 11.2 Å². The van der Waals surface area contributed by atoms with Crippen molar-refractivity contribution in [2.45, 2.75) is 57.5 Å². The quantitative estimate of drug-likeness (QED) is 0.441. The van der Waals surface area contributed by atoms with Crippen molar-refractivity contribution >= 4 is 19.8 Å². The summed E-state index contributed by atoms with van der Waals surface area (Å²) < 4.78 is 23.4. The number of hydrogen-bond acceptors (Lipinski definition) is 2. The molecule has 3 aliphatic rings. The van der Waals surface area contributed by atoms with Crippen LogP contribution in [0.3, 0.4) is 0 Å². The number of hydrogen-bond donors (Lipinski definition) is 2. The lowest BCUT2D eigenvalue weighted by atomic mass is 9.77. The van der Waals surface area contributed by atoms with Crippen LogP contribution in [0.4, 0.5) is 0 Å². The zero-order valence-electron chi connectivity index (χ0n) is 12.2. The molecule has 0 bridgehead atoms. The van der Waals surface area contributed by atoms with Gasteiger partial charge in [0.05, 0.1) is 12.4 Å². The summed E-state index contributed by atoms with van der Waals surface area (Å²) in [5.41, 5.74) is 12.2. The molecule has 3 rings (SSSR count). The molecule has 0 saturated heterocycles. The van der Waals surface area contributed by atoms with E-state index in [9.17, 15) is 4.57 Å². The molecular formula is C14H23N4O2P. The number of allylic oxidation sites excluding steroid dienone is 1. The van der Waals surface area contributed by atoms with Crippen molar-refractivity contribution in [3.63, 3.8) is 0 Å². The third kappa shape index (κ3) is 2.79. The molecule has 6 nitrogen and oxygen atoms in total. The van der Waals surface area contributed by atoms with Crippen LogP contribution < -0.4 is 11.5 Å². The highest BCUT2D eigenvalue weighted by Crippen LogP contribution is 2.67. The van der Waals surface area contributed by atoms with Gasteiger partial charge in [-0.05, 0) is 38.5 Å². The Morgan fingerprint density at radius 3 is 2.81 bits per heavy atom. The monoisotopic (exact) mass is 310 g/mol. The maximum absolute atomic E-state index is 13.3. The fourth-order valence-electron chi connectivity index (χ4n) is 3.82. The maximum atomic E-state index is 13.3. The first-order valence-corrected chi connectivity index (χ1v) is 9.33. The molecule has 1 fully saturated rings. The van der Waals surface area contributed by atoms with Gasteiger partial charge in [0.15, 0.2) is 0 Å². The molecule has 3 atom stereocenters. The predicted molar refractivity (Wildman–Crippen MR) is 84.2 cm³/mol. The maximum Gasteiger partial charge on any atom is 0.344 e. The summed E-state index contributed by atoms with van der Waals surface area (Å²) >= 11 is 0. The van der Waals surface area contributed by atoms with E-state index < -0.39 is 7.52 Å². The fraction of sp³-hybridized carbons (Fsp3) is 0.714. The molecule has 0 aromatic carbocycles. The van der Waals surface area contributed by atoms with Crippen molar-refractivity contribution in [3.05, 3.63) is 10.9 Å². The highest BCUT2D eigenvalue weighted by molar-refractivity contribution is 7.62. The van der Waals surface area contributed by atoms with Gasteiger partial charge in [-0.1, -0.05) is 18.4 Å². The fourth-order valence-corrected chi connectivity index (χ4v) is 6.14. The van der Waals surface area contributed by atoms with Crippen LogP contribution in [0, 0.1) is 5.92 Å². The molecule has 1 aliphatic heterocycles. The van der Waals surface area contributed by atoms with Gasteiger partial charge in [-0.25, -0.2) is 4.99 Å². The highest BCUT2D eigenvalue weighted by atomic mass is 31.2. The molecule has 1 heterocycles. The normalized spacial score (nSPS) is 37.4. The molecule has 116 valence electrons. The summed E-state index contributed by atoms with van der Waals surface area (Å²) in [6.07, 6.45) is 9.59. The van der Waals surface area contributed by atoms with Gasteiger partial charge in [0.1, 0.15) is 0 Å². The molecular weight excluding hydrogens is 287 g/mol. The van der Waals surface area contributed by atoms with Crippen LogP contribution in [0.5, 0.6) is 0 Å². The second-order valence-electron chi connectivity index (χ2n) is 5.97. The van der Waals surface area contributed by atoms with Crippen LogP contribution in [0.1, 0.15) is 51.4 Å². The topological polar surface area (TPSA) is 103 Å². The summed E-state index contributed by atoms with van der Waals surface area (Å²) in [4.78, 5) is 3.71. The third-order valence-electron chi connectivity index (χ3n) is 4.69. The number of nitrogens with two attached hydrogens (primary N) is 2. The van der Waals surface area contributed by atoms with Crippen molar-refractivity contribution in [1.82, 2.24) is 0 Å². The van der Waals surface area contributed by atoms with Gasteiger partial charge in [-0.2, -0.15) is 4.76 Å². The van der Waals surface area contributed by atoms with Crippen molar-refractivity contribution in [2.75, 3.05) is 0 Å². The van der Waals surface area contributed by atoms with Crippen LogP contribution in [-0.4, -0.2) is 18.4 Å². The van der Waals surface area contributed by atoms with Crippen LogP contribution in [0.15, 0.2) is 20.6 Å². The molecule has 3 unspecified atom stereocenters. The molecule has 7 heteroatoms. The zero-order valence-corrected chi connectivity index (χ0v) is 13.1. The minimum Gasteiger partial charge on any atom is -0.390 e. The Bertz CT molecular complexity index is 555. The first-order valence-electron chi connectivity index (χ1n) is 7.75. The Kier molecular flexibility index (Phi) is 4.18. The zero-order chi connectivity index (χ0) is 14.9. The second kappa shape index (κ2) is 5.93. The molecule has 0 amide bonds. The van der Waals surface area contributed by atoms with Crippen molar-refractivity contribution in [3.8, 4) is 0 Å². The van der Waals surface area contributed by atoms with Crippen LogP contribution in [0.2, 0.25) is 0 Å². The van der Waals surface area contributed by atoms with E-state index in [1.807, 2.05) is 0 Å². The first-order chi connectivity index (χ1) is 10.1. The summed E-state index contributed by atoms with van der Waals surface area (Å²) in [5.74, 6) is 0.373.